The van der Waals surface area contributed by atoms with Gasteiger partial charge in [-0.15, -0.1) is 0 Å². The quantitative estimate of drug-likeness (QED) is 0.695. The molecule has 0 radical (unpaired) electrons. The number of carbonyl (C=O) groups is 2. The lowest BCUT2D eigenvalue weighted by Gasteiger charge is -2.29. The molecule has 0 aromatic heterocycles. The first-order chi connectivity index (χ1) is 14.0. The van der Waals surface area contributed by atoms with Gasteiger partial charge < -0.3 is 20.1 Å². The average Bonchev–Trinajstić information content (AvgIpc) is 2.72. The first-order valence-electron chi connectivity index (χ1n) is 9.76. The molecule has 3 rings (SSSR count). The van der Waals surface area contributed by atoms with Gasteiger partial charge in [0.1, 0.15) is 5.75 Å². The van der Waals surface area contributed by atoms with Gasteiger partial charge in [-0.25, -0.2) is 9.59 Å². The second-order valence-electron chi connectivity index (χ2n) is 7.18. The Labute approximate surface area is 170 Å². The first kappa shape index (κ1) is 20.5. The van der Waals surface area contributed by atoms with Crippen LogP contribution in [0.4, 0.5) is 4.79 Å². The summed E-state index contributed by atoms with van der Waals surface area (Å²) in [4.78, 5) is 25.3. The lowest BCUT2D eigenvalue weighted by atomic mass is 9.92. The fourth-order valence-electron chi connectivity index (χ4n) is 3.12. The molecule has 6 nitrogen and oxygen atoms in total. The topological polar surface area (TPSA) is 76.7 Å². The second-order valence-corrected chi connectivity index (χ2v) is 7.18. The van der Waals surface area contributed by atoms with Gasteiger partial charge >= 0.3 is 12.0 Å². The van der Waals surface area contributed by atoms with E-state index in [0.29, 0.717) is 29.5 Å². The van der Waals surface area contributed by atoms with Crippen molar-refractivity contribution in [1.29, 1.82) is 0 Å². The molecular weight excluding hydrogens is 368 g/mol. The molecule has 0 fully saturated rings. The van der Waals surface area contributed by atoms with E-state index in [1.54, 1.807) is 6.92 Å². The Hall–Kier alpha value is -3.28. The maximum absolute atomic E-state index is 12.9. The minimum absolute atomic E-state index is 0.239. The number of amides is 2. The van der Waals surface area contributed by atoms with Crippen LogP contribution in [-0.4, -0.2) is 25.2 Å². The van der Waals surface area contributed by atoms with Crippen molar-refractivity contribution in [2.24, 2.45) is 5.92 Å². The van der Waals surface area contributed by atoms with E-state index >= 15 is 0 Å². The number of benzene rings is 2. The van der Waals surface area contributed by atoms with E-state index in [1.807, 2.05) is 54.6 Å². The zero-order chi connectivity index (χ0) is 20.8. The fourth-order valence-corrected chi connectivity index (χ4v) is 3.12. The summed E-state index contributed by atoms with van der Waals surface area (Å²) in [6, 6.07) is 15.7. The molecule has 1 aliphatic heterocycles. The van der Waals surface area contributed by atoms with Crippen molar-refractivity contribution in [3.63, 3.8) is 0 Å². The number of hydrogen-bond donors (Lipinski definition) is 2. The minimum atomic E-state index is -0.652. The molecule has 6 heteroatoms. The van der Waals surface area contributed by atoms with Gasteiger partial charge in [-0.2, -0.15) is 0 Å². The average molecular weight is 394 g/mol. The Balaban J connectivity index is 2.07. The highest BCUT2D eigenvalue weighted by atomic mass is 16.5. The van der Waals surface area contributed by atoms with Gasteiger partial charge in [0.15, 0.2) is 0 Å². The SMILES string of the molecule is CCOC(=O)C1=C(c2ccccc2)NC(=O)NC1c1cccc(OCC(C)C)c1. The largest absolute Gasteiger partial charge is 0.493 e. The molecule has 0 saturated heterocycles. The molecule has 0 bridgehead atoms. The summed E-state index contributed by atoms with van der Waals surface area (Å²) in [5.74, 6) is 0.600. The second kappa shape index (κ2) is 9.28. The van der Waals surface area contributed by atoms with Gasteiger partial charge in [0.05, 0.1) is 30.5 Å². The van der Waals surface area contributed by atoms with Gasteiger partial charge in [0, 0.05) is 0 Å². The monoisotopic (exact) mass is 394 g/mol. The summed E-state index contributed by atoms with van der Waals surface area (Å²) < 4.78 is 11.1. The van der Waals surface area contributed by atoms with Crippen LogP contribution >= 0.6 is 0 Å². The molecule has 0 spiro atoms. The predicted molar refractivity (Wildman–Crippen MR) is 111 cm³/mol. The van der Waals surface area contributed by atoms with Crippen molar-refractivity contribution in [1.82, 2.24) is 10.6 Å². The van der Waals surface area contributed by atoms with E-state index in [1.165, 1.54) is 0 Å². The minimum Gasteiger partial charge on any atom is -0.493 e. The lowest BCUT2D eigenvalue weighted by Crippen LogP contribution is -2.45. The van der Waals surface area contributed by atoms with Crippen LogP contribution in [-0.2, 0) is 9.53 Å². The van der Waals surface area contributed by atoms with E-state index in [2.05, 4.69) is 24.5 Å². The molecule has 0 saturated carbocycles. The van der Waals surface area contributed by atoms with Crippen LogP contribution in [0.3, 0.4) is 0 Å². The third-order valence-electron chi connectivity index (χ3n) is 4.40. The van der Waals surface area contributed by atoms with Crippen LogP contribution in [0.15, 0.2) is 60.2 Å². The van der Waals surface area contributed by atoms with Crippen molar-refractivity contribution in [2.75, 3.05) is 13.2 Å². The smallest absolute Gasteiger partial charge is 0.338 e. The van der Waals surface area contributed by atoms with Crippen LogP contribution in [0, 0.1) is 5.92 Å². The number of carbonyl (C=O) groups excluding carboxylic acids is 2. The summed E-state index contributed by atoms with van der Waals surface area (Å²) in [6.07, 6.45) is 0. The zero-order valence-corrected chi connectivity index (χ0v) is 16.9. The maximum atomic E-state index is 12.9. The molecule has 1 heterocycles. The molecule has 1 aliphatic rings. The van der Waals surface area contributed by atoms with Crippen molar-refractivity contribution < 1.29 is 19.1 Å². The zero-order valence-electron chi connectivity index (χ0n) is 16.9. The molecule has 29 heavy (non-hydrogen) atoms. The van der Waals surface area contributed by atoms with Gasteiger partial charge in [-0.05, 0) is 36.1 Å². The van der Waals surface area contributed by atoms with Crippen molar-refractivity contribution in [2.45, 2.75) is 26.8 Å². The van der Waals surface area contributed by atoms with Crippen LogP contribution in [0.1, 0.15) is 37.9 Å². The molecule has 1 unspecified atom stereocenters. The summed E-state index contributed by atoms with van der Waals surface area (Å²) in [6.45, 7) is 6.72. The summed E-state index contributed by atoms with van der Waals surface area (Å²) in [7, 11) is 0. The van der Waals surface area contributed by atoms with E-state index < -0.39 is 12.0 Å². The Bertz CT molecular complexity index is 906. The van der Waals surface area contributed by atoms with E-state index in [0.717, 1.165) is 11.1 Å². The van der Waals surface area contributed by atoms with Crippen LogP contribution in [0.2, 0.25) is 0 Å². The van der Waals surface area contributed by atoms with Gasteiger partial charge in [0.2, 0.25) is 0 Å². The van der Waals surface area contributed by atoms with Crippen LogP contribution in [0.25, 0.3) is 5.70 Å². The summed E-state index contributed by atoms with van der Waals surface area (Å²) in [5, 5.41) is 5.62. The Morgan fingerprint density at radius 1 is 1.10 bits per heavy atom. The van der Waals surface area contributed by atoms with Crippen LogP contribution in [0.5, 0.6) is 5.75 Å². The molecule has 0 aliphatic carbocycles. The molecule has 2 aromatic rings. The van der Waals surface area contributed by atoms with E-state index in [9.17, 15) is 9.59 Å². The highest BCUT2D eigenvalue weighted by molar-refractivity contribution is 6.04. The third-order valence-corrected chi connectivity index (χ3v) is 4.40. The Morgan fingerprint density at radius 3 is 2.55 bits per heavy atom. The number of rotatable bonds is 7. The number of hydrogen-bond acceptors (Lipinski definition) is 4. The number of ether oxygens (including phenoxy) is 2. The molecular formula is C23H26N2O4. The molecule has 152 valence electrons. The fraction of sp³-hybridized carbons (Fsp3) is 0.304. The first-order valence-corrected chi connectivity index (χ1v) is 9.76. The van der Waals surface area contributed by atoms with Crippen molar-refractivity contribution in [3.8, 4) is 5.75 Å². The predicted octanol–water partition coefficient (Wildman–Crippen LogP) is 4.05. The third kappa shape index (κ3) is 4.96. The lowest BCUT2D eigenvalue weighted by molar-refractivity contribution is -0.138. The number of esters is 1. The number of nitrogens with one attached hydrogen (secondary N) is 2. The summed E-state index contributed by atoms with van der Waals surface area (Å²) >= 11 is 0. The Morgan fingerprint density at radius 2 is 1.86 bits per heavy atom. The molecule has 2 N–H and O–H groups in total. The van der Waals surface area contributed by atoms with Crippen molar-refractivity contribution in [3.05, 3.63) is 71.3 Å². The number of urea groups is 1. The van der Waals surface area contributed by atoms with Gasteiger partial charge in [-0.3, -0.25) is 0 Å². The highest BCUT2D eigenvalue weighted by Crippen LogP contribution is 2.33. The van der Waals surface area contributed by atoms with E-state index in [4.69, 9.17) is 9.47 Å². The molecule has 1 atom stereocenters. The van der Waals surface area contributed by atoms with Gasteiger partial charge in [-0.1, -0.05) is 56.3 Å². The normalized spacial score (nSPS) is 16.3. The van der Waals surface area contributed by atoms with Gasteiger partial charge in [0.25, 0.3) is 0 Å². The molecule has 2 aromatic carbocycles. The summed E-state index contributed by atoms with van der Waals surface area (Å²) in [5.41, 5.74) is 2.30. The molecule has 2 amide bonds. The van der Waals surface area contributed by atoms with E-state index in [-0.39, 0.29) is 12.6 Å². The highest BCUT2D eigenvalue weighted by Gasteiger charge is 2.34. The standard InChI is InChI=1S/C23H26N2O4/c1-4-28-22(26)19-20(16-9-6-5-7-10-16)24-23(27)25-21(19)17-11-8-12-18(13-17)29-14-15(2)3/h5-13,15,21H,4,14H2,1-3H3,(H2,24,25,27). The maximum Gasteiger partial charge on any atom is 0.338 e. The van der Waals surface area contributed by atoms with Crippen LogP contribution < -0.4 is 15.4 Å². The van der Waals surface area contributed by atoms with Crippen molar-refractivity contribution >= 4 is 17.7 Å². The Kier molecular flexibility index (Phi) is 6.54.